The lowest BCUT2D eigenvalue weighted by atomic mass is 10.0. The zero-order chi connectivity index (χ0) is 18.1. The number of aromatic nitrogens is 3. The molecule has 0 aliphatic carbocycles. The Bertz CT molecular complexity index is 936. The standard InChI is InChI=1S/C20H22N4O2/c1-13-12-17(18-14(2)23-26-19(18)22-13)20(25)24-11-3-4-16(24)6-5-15-7-9-21-10-8-15/h7-10,12,16H,3-6,11H2,1-2H3/t16-/m1/s1. The third-order valence-corrected chi connectivity index (χ3v) is 5.13. The van der Waals surface area contributed by atoms with Crippen molar-refractivity contribution in [3.63, 3.8) is 0 Å². The van der Waals surface area contributed by atoms with Gasteiger partial charge in [-0.25, -0.2) is 4.98 Å². The smallest absolute Gasteiger partial charge is 0.258 e. The number of likely N-dealkylation sites (tertiary alicyclic amines) is 1. The third kappa shape index (κ3) is 3.07. The average molecular weight is 350 g/mol. The van der Waals surface area contributed by atoms with Crippen LogP contribution in [0.15, 0.2) is 35.1 Å². The molecule has 1 amide bonds. The van der Waals surface area contributed by atoms with E-state index in [1.165, 1.54) is 5.56 Å². The van der Waals surface area contributed by atoms with Crippen LogP contribution in [-0.4, -0.2) is 38.5 Å². The van der Waals surface area contributed by atoms with Gasteiger partial charge in [-0.15, -0.1) is 0 Å². The van der Waals surface area contributed by atoms with Crippen molar-refractivity contribution < 1.29 is 9.32 Å². The number of hydrogen-bond donors (Lipinski definition) is 0. The van der Waals surface area contributed by atoms with Gasteiger partial charge in [-0.3, -0.25) is 9.78 Å². The van der Waals surface area contributed by atoms with Gasteiger partial charge in [0.05, 0.1) is 16.6 Å². The summed E-state index contributed by atoms with van der Waals surface area (Å²) in [4.78, 5) is 23.7. The number of aryl methyl sites for hydroxylation is 3. The molecule has 4 rings (SSSR count). The Kier molecular flexibility index (Phi) is 4.41. The Morgan fingerprint density at radius 1 is 1.31 bits per heavy atom. The molecule has 6 heteroatoms. The van der Waals surface area contributed by atoms with E-state index < -0.39 is 0 Å². The number of carbonyl (C=O) groups is 1. The summed E-state index contributed by atoms with van der Waals surface area (Å²) in [5, 5.41) is 4.72. The second kappa shape index (κ2) is 6.86. The molecule has 0 radical (unpaired) electrons. The predicted octanol–water partition coefficient (Wildman–Crippen LogP) is 3.47. The molecule has 1 saturated heterocycles. The number of fused-ring (bicyclic) bond motifs is 1. The van der Waals surface area contributed by atoms with E-state index in [2.05, 4.69) is 15.1 Å². The molecular weight excluding hydrogens is 328 g/mol. The molecule has 26 heavy (non-hydrogen) atoms. The van der Waals surface area contributed by atoms with E-state index >= 15 is 0 Å². The Morgan fingerprint density at radius 2 is 2.12 bits per heavy atom. The van der Waals surface area contributed by atoms with E-state index in [4.69, 9.17) is 4.52 Å². The lowest BCUT2D eigenvalue weighted by molar-refractivity contribution is 0.0732. The molecule has 1 aliphatic rings. The molecule has 0 unspecified atom stereocenters. The van der Waals surface area contributed by atoms with E-state index in [1.807, 2.05) is 49.3 Å². The largest absolute Gasteiger partial charge is 0.336 e. The van der Waals surface area contributed by atoms with Crippen LogP contribution in [0.5, 0.6) is 0 Å². The maximum Gasteiger partial charge on any atom is 0.258 e. The fraction of sp³-hybridized carbons (Fsp3) is 0.400. The van der Waals surface area contributed by atoms with E-state index in [-0.39, 0.29) is 11.9 Å². The van der Waals surface area contributed by atoms with Gasteiger partial charge < -0.3 is 9.42 Å². The molecule has 1 aliphatic heterocycles. The molecule has 3 aromatic heterocycles. The average Bonchev–Trinajstić information content (AvgIpc) is 3.26. The van der Waals surface area contributed by atoms with Crippen molar-refractivity contribution in [2.24, 2.45) is 0 Å². The Labute approximate surface area is 152 Å². The van der Waals surface area contributed by atoms with E-state index in [0.717, 1.165) is 43.3 Å². The normalized spacial score (nSPS) is 17.2. The second-order valence-electron chi connectivity index (χ2n) is 6.95. The van der Waals surface area contributed by atoms with Crippen LogP contribution < -0.4 is 0 Å². The molecule has 6 nitrogen and oxygen atoms in total. The Hall–Kier alpha value is -2.76. The van der Waals surface area contributed by atoms with Crippen molar-refractivity contribution in [2.75, 3.05) is 6.54 Å². The van der Waals surface area contributed by atoms with Gasteiger partial charge in [0.25, 0.3) is 11.6 Å². The van der Waals surface area contributed by atoms with Crippen LogP contribution in [0, 0.1) is 13.8 Å². The first-order valence-electron chi connectivity index (χ1n) is 9.07. The maximum atomic E-state index is 13.3. The van der Waals surface area contributed by atoms with Crippen molar-refractivity contribution in [1.82, 2.24) is 20.0 Å². The zero-order valence-electron chi connectivity index (χ0n) is 15.1. The minimum absolute atomic E-state index is 0.0593. The molecule has 0 N–H and O–H groups in total. The summed E-state index contributed by atoms with van der Waals surface area (Å²) < 4.78 is 5.28. The number of carbonyl (C=O) groups excluding carboxylic acids is 1. The van der Waals surface area contributed by atoms with E-state index in [0.29, 0.717) is 17.0 Å². The van der Waals surface area contributed by atoms with Gasteiger partial charge >= 0.3 is 0 Å². The summed E-state index contributed by atoms with van der Waals surface area (Å²) in [6.07, 6.45) is 7.64. The van der Waals surface area contributed by atoms with Crippen LogP contribution in [0.2, 0.25) is 0 Å². The second-order valence-corrected chi connectivity index (χ2v) is 6.95. The fourth-order valence-electron chi connectivity index (χ4n) is 3.83. The predicted molar refractivity (Wildman–Crippen MR) is 97.9 cm³/mol. The summed E-state index contributed by atoms with van der Waals surface area (Å²) in [5.41, 5.74) is 3.84. The van der Waals surface area contributed by atoms with Gasteiger partial charge in [0, 0.05) is 30.7 Å². The summed E-state index contributed by atoms with van der Waals surface area (Å²) in [6, 6.07) is 6.20. The number of pyridine rings is 2. The number of rotatable bonds is 4. The summed E-state index contributed by atoms with van der Waals surface area (Å²) in [6.45, 7) is 4.52. The van der Waals surface area contributed by atoms with Crippen LogP contribution in [0.4, 0.5) is 0 Å². The molecule has 1 fully saturated rings. The highest BCUT2D eigenvalue weighted by atomic mass is 16.5. The third-order valence-electron chi connectivity index (χ3n) is 5.13. The fourth-order valence-corrected chi connectivity index (χ4v) is 3.83. The minimum Gasteiger partial charge on any atom is -0.336 e. The van der Waals surface area contributed by atoms with Crippen LogP contribution >= 0.6 is 0 Å². The summed E-state index contributed by atoms with van der Waals surface area (Å²) in [7, 11) is 0. The molecule has 3 aromatic rings. The Balaban J connectivity index is 1.58. The van der Waals surface area contributed by atoms with E-state index in [9.17, 15) is 4.79 Å². The Morgan fingerprint density at radius 3 is 2.92 bits per heavy atom. The van der Waals surface area contributed by atoms with Gasteiger partial charge in [-0.1, -0.05) is 5.16 Å². The highest BCUT2D eigenvalue weighted by Gasteiger charge is 2.31. The molecule has 134 valence electrons. The minimum atomic E-state index is 0.0593. The first-order valence-corrected chi connectivity index (χ1v) is 9.07. The molecule has 0 bridgehead atoms. The molecule has 1 atom stereocenters. The molecular formula is C20H22N4O2. The van der Waals surface area contributed by atoms with Crippen LogP contribution in [-0.2, 0) is 6.42 Å². The van der Waals surface area contributed by atoms with Crippen LogP contribution in [0.1, 0.15) is 46.6 Å². The first-order chi connectivity index (χ1) is 12.6. The zero-order valence-corrected chi connectivity index (χ0v) is 15.1. The monoisotopic (exact) mass is 350 g/mol. The highest BCUT2D eigenvalue weighted by Crippen LogP contribution is 2.28. The van der Waals surface area contributed by atoms with Gasteiger partial charge in [0.1, 0.15) is 0 Å². The topological polar surface area (TPSA) is 72.1 Å². The van der Waals surface area contributed by atoms with Crippen molar-refractivity contribution in [2.45, 2.75) is 45.6 Å². The van der Waals surface area contributed by atoms with Crippen molar-refractivity contribution >= 4 is 17.0 Å². The van der Waals surface area contributed by atoms with Crippen LogP contribution in [0.25, 0.3) is 11.1 Å². The molecule has 0 aromatic carbocycles. The highest BCUT2D eigenvalue weighted by molar-refractivity contribution is 6.06. The SMILES string of the molecule is Cc1cc(C(=O)N2CCC[C@@H]2CCc2ccncc2)c2c(C)noc2n1. The quantitative estimate of drug-likeness (QED) is 0.720. The summed E-state index contributed by atoms with van der Waals surface area (Å²) >= 11 is 0. The number of hydrogen-bond acceptors (Lipinski definition) is 5. The first kappa shape index (κ1) is 16.7. The van der Waals surface area contributed by atoms with Crippen molar-refractivity contribution in [3.05, 3.63) is 53.1 Å². The van der Waals surface area contributed by atoms with Gasteiger partial charge in [0.2, 0.25) is 0 Å². The van der Waals surface area contributed by atoms with Gasteiger partial charge in [-0.2, -0.15) is 0 Å². The van der Waals surface area contributed by atoms with E-state index in [1.54, 1.807) is 0 Å². The lowest BCUT2D eigenvalue weighted by Crippen LogP contribution is -2.36. The maximum absolute atomic E-state index is 13.3. The lowest BCUT2D eigenvalue weighted by Gasteiger charge is -2.25. The number of amides is 1. The molecule has 4 heterocycles. The number of nitrogens with zero attached hydrogens (tertiary/aromatic N) is 4. The van der Waals surface area contributed by atoms with Crippen molar-refractivity contribution in [1.29, 1.82) is 0 Å². The van der Waals surface area contributed by atoms with Gasteiger partial charge in [0.15, 0.2) is 0 Å². The molecule has 0 spiro atoms. The van der Waals surface area contributed by atoms with Crippen molar-refractivity contribution in [3.8, 4) is 0 Å². The van der Waals surface area contributed by atoms with Crippen LogP contribution in [0.3, 0.4) is 0 Å². The summed E-state index contributed by atoms with van der Waals surface area (Å²) in [5.74, 6) is 0.0593. The van der Waals surface area contributed by atoms with Gasteiger partial charge in [-0.05, 0) is 63.3 Å². The molecule has 0 saturated carbocycles.